The number of esters is 1. The van der Waals surface area contributed by atoms with Crippen molar-refractivity contribution >= 4 is 12.0 Å². The quantitative estimate of drug-likeness (QED) is 0.476. The van der Waals surface area contributed by atoms with Gasteiger partial charge in [-0.05, 0) is 50.1 Å². The van der Waals surface area contributed by atoms with Crippen LogP contribution in [0, 0.1) is 20.8 Å². The summed E-state index contributed by atoms with van der Waals surface area (Å²) in [6.07, 6.45) is 2.97. The minimum Gasteiger partial charge on any atom is -0.462 e. The van der Waals surface area contributed by atoms with E-state index in [1.165, 1.54) is 6.08 Å². The van der Waals surface area contributed by atoms with Crippen LogP contribution in [0.1, 0.15) is 22.6 Å². The molecular formula is C16H16O3. The first-order valence-corrected chi connectivity index (χ1v) is 6.09. The van der Waals surface area contributed by atoms with E-state index in [4.69, 9.17) is 9.15 Å². The van der Waals surface area contributed by atoms with Crippen LogP contribution in [0.15, 0.2) is 40.8 Å². The van der Waals surface area contributed by atoms with Gasteiger partial charge < -0.3 is 9.15 Å². The van der Waals surface area contributed by atoms with Crippen LogP contribution in [0.5, 0.6) is 5.75 Å². The standard InChI is InChI=1S/C16H16O3/c1-11-5-4-6-12(2)16(11)19-15(17)10-9-14-8-7-13(3)18-14/h4-10H,1-3H3/b10-9+. The molecule has 19 heavy (non-hydrogen) atoms. The zero-order chi connectivity index (χ0) is 13.8. The summed E-state index contributed by atoms with van der Waals surface area (Å²) in [5.41, 5.74) is 1.88. The molecule has 0 unspecified atom stereocenters. The molecule has 0 amide bonds. The number of furan rings is 1. The molecule has 98 valence electrons. The molecule has 0 saturated heterocycles. The third kappa shape index (κ3) is 3.35. The molecule has 1 aromatic carbocycles. The zero-order valence-electron chi connectivity index (χ0n) is 11.3. The summed E-state index contributed by atoms with van der Waals surface area (Å²) in [6.45, 7) is 5.68. The smallest absolute Gasteiger partial charge is 0.336 e. The van der Waals surface area contributed by atoms with Crippen LogP contribution in [0.3, 0.4) is 0 Å². The van der Waals surface area contributed by atoms with E-state index in [0.29, 0.717) is 11.5 Å². The Morgan fingerprint density at radius 3 is 2.37 bits per heavy atom. The molecule has 0 bridgehead atoms. The normalized spacial score (nSPS) is 10.9. The first-order valence-electron chi connectivity index (χ1n) is 6.09. The van der Waals surface area contributed by atoms with E-state index in [0.717, 1.165) is 16.9 Å². The van der Waals surface area contributed by atoms with E-state index in [9.17, 15) is 4.79 Å². The average Bonchev–Trinajstić information content (AvgIpc) is 2.77. The van der Waals surface area contributed by atoms with Crippen molar-refractivity contribution in [1.29, 1.82) is 0 Å². The fourth-order valence-electron chi connectivity index (χ4n) is 1.79. The molecule has 3 heteroatoms. The molecule has 0 atom stereocenters. The van der Waals surface area contributed by atoms with Gasteiger partial charge in [-0.3, -0.25) is 0 Å². The van der Waals surface area contributed by atoms with E-state index < -0.39 is 5.97 Å². The first kappa shape index (κ1) is 13.1. The Morgan fingerprint density at radius 2 is 1.79 bits per heavy atom. The number of rotatable bonds is 3. The number of aryl methyl sites for hydroxylation is 3. The molecule has 1 heterocycles. The van der Waals surface area contributed by atoms with Crippen molar-refractivity contribution < 1.29 is 13.9 Å². The lowest BCUT2D eigenvalue weighted by molar-refractivity contribution is -0.129. The Balaban J connectivity index is 2.07. The van der Waals surface area contributed by atoms with Crippen LogP contribution in [-0.4, -0.2) is 5.97 Å². The highest BCUT2D eigenvalue weighted by Gasteiger charge is 2.07. The monoisotopic (exact) mass is 256 g/mol. The van der Waals surface area contributed by atoms with Crippen molar-refractivity contribution in [1.82, 2.24) is 0 Å². The molecule has 3 nitrogen and oxygen atoms in total. The lowest BCUT2D eigenvalue weighted by Crippen LogP contribution is -2.06. The predicted octanol–water partition coefficient (Wildman–Crippen LogP) is 3.82. The highest BCUT2D eigenvalue weighted by Crippen LogP contribution is 2.22. The Kier molecular flexibility index (Phi) is 3.85. The molecule has 2 rings (SSSR count). The van der Waals surface area contributed by atoms with Gasteiger partial charge in [0.25, 0.3) is 0 Å². The summed E-state index contributed by atoms with van der Waals surface area (Å²) in [6, 6.07) is 9.41. The summed E-state index contributed by atoms with van der Waals surface area (Å²) in [5.74, 6) is 1.65. The van der Waals surface area contributed by atoms with Crippen molar-refractivity contribution in [2.75, 3.05) is 0 Å². The summed E-state index contributed by atoms with van der Waals surface area (Å²) in [7, 11) is 0. The van der Waals surface area contributed by atoms with Gasteiger partial charge in [0.2, 0.25) is 0 Å². The lowest BCUT2D eigenvalue weighted by Gasteiger charge is -2.08. The molecule has 2 aromatic rings. The van der Waals surface area contributed by atoms with Gasteiger partial charge in [-0.1, -0.05) is 18.2 Å². The van der Waals surface area contributed by atoms with E-state index in [-0.39, 0.29) is 0 Å². The molecule has 0 radical (unpaired) electrons. The highest BCUT2D eigenvalue weighted by molar-refractivity contribution is 5.88. The van der Waals surface area contributed by atoms with Gasteiger partial charge in [0, 0.05) is 6.08 Å². The Hall–Kier alpha value is -2.29. The third-order valence-electron chi connectivity index (χ3n) is 2.76. The lowest BCUT2D eigenvalue weighted by atomic mass is 10.1. The number of hydrogen-bond acceptors (Lipinski definition) is 3. The van der Waals surface area contributed by atoms with Gasteiger partial charge in [0.15, 0.2) is 0 Å². The largest absolute Gasteiger partial charge is 0.462 e. The summed E-state index contributed by atoms with van der Waals surface area (Å²) >= 11 is 0. The van der Waals surface area contributed by atoms with Crippen molar-refractivity contribution in [3.63, 3.8) is 0 Å². The van der Waals surface area contributed by atoms with Gasteiger partial charge in [0.1, 0.15) is 17.3 Å². The molecule has 1 aromatic heterocycles. The topological polar surface area (TPSA) is 39.4 Å². The fourth-order valence-corrected chi connectivity index (χ4v) is 1.79. The van der Waals surface area contributed by atoms with Crippen LogP contribution in [0.25, 0.3) is 6.08 Å². The van der Waals surface area contributed by atoms with Crippen molar-refractivity contribution in [3.8, 4) is 5.75 Å². The molecule has 0 aliphatic heterocycles. The number of ether oxygens (including phenoxy) is 1. The number of carbonyl (C=O) groups excluding carboxylic acids is 1. The van der Waals surface area contributed by atoms with Gasteiger partial charge in [-0.2, -0.15) is 0 Å². The van der Waals surface area contributed by atoms with Crippen molar-refractivity contribution in [3.05, 3.63) is 59.1 Å². The molecule has 0 fully saturated rings. The maximum Gasteiger partial charge on any atom is 0.336 e. The second-order valence-corrected chi connectivity index (χ2v) is 4.42. The van der Waals surface area contributed by atoms with Crippen molar-refractivity contribution in [2.45, 2.75) is 20.8 Å². The Morgan fingerprint density at radius 1 is 1.11 bits per heavy atom. The third-order valence-corrected chi connectivity index (χ3v) is 2.76. The van der Waals surface area contributed by atoms with E-state index in [1.807, 2.05) is 45.0 Å². The maximum atomic E-state index is 11.7. The maximum absolute atomic E-state index is 11.7. The van der Waals surface area contributed by atoms with Gasteiger partial charge in [-0.15, -0.1) is 0 Å². The molecule has 0 aliphatic carbocycles. The second kappa shape index (κ2) is 5.57. The van der Waals surface area contributed by atoms with E-state index >= 15 is 0 Å². The minimum absolute atomic E-state index is 0.411. The molecule has 0 saturated carbocycles. The molecule has 0 spiro atoms. The van der Waals surface area contributed by atoms with Gasteiger partial charge in [0.05, 0.1) is 0 Å². The van der Waals surface area contributed by atoms with Crippen LogP contribution >= 0.6 is 0 Å². The van der Waals surface area contributed by atoms with Gasteiger partial charge in [-0.25, -0.2) is 4.79 Å². The first-order chi connectivity index (χ1) is 9.06. The Bertz CT molecular complexity index is 600. The second-order valence-electron chi connectivity index (χ2n) is 4.42. The summed E-state index contributed by atoms with van der Waals surface area (Å²) in [5, 5.41) is 0. The average molecular weight is 256 g/mol. The summed E-state index contributed by atoms with van der Waals surface area (Å²) < 4.78 is 10.7. The van der Waals surface area contributed by atoms with Crippen LogP contribution in [0.2, 0.25) is 0 Å². The molecular weight excluding hydrogens is 240 g/mol. The van der Waals surface area contributed by atoms with Crippen LogP contribution in [0.4, 0.5) is 0 Å². The minimum atomic E-state index is -0.411. The van der Waals surface area contributed by atoms with Gasteiger partial charge >= 0.3 is 5.97 Å². The van der Waals surface area contributed by atoms with Crippen LogP contribution in [-0.2, 0) is 4.79 Å². The van der Waals surface area contributed by atoms with Crippen molar-refractivity contribution in [2.24, 2.45) is 0 Å². The van der Waals surface area contributed by atoms with E-state index in [1.54, 1.807) is 12.1 Å². The fraction of sp³-hybridized carbons (Fsp3) is 0.188. The predicted molar refractivity (Wildman–Crippen MR) is 74.0 cm³/mol. The summed E-state index contributed by atoms with van der Waals surface area (Å²) in [4.78, 5) is 11.7. The SMILES string of the molecule is Cc1ccc(/C=C/C(=O)Oc2c(C)cccc2C)o1. The number of para-hydroxylation sites is 1. The number of hydrogen-bond donors (Lipinski definition) is 0. The zero-order valence-corrected chi connectivity index (χ0v) is 11.3. The molecule has 0 N–H and O–H groups in total. The highest BCUT2D eigenvalue weighted by atomic mass is 16.5. The van der Waals surface area contributed by atoms with Crippen LogP contribution < -0.4 is 4.74 Å². The molecule has 0 aliphatic rings. The number of carbonyl (C=O) groups is 1. The van der Waals surface area contributed by atoms with E-state index in [2.05, 4.69) is 0 Å². The Labute approximate surface area is 112 Å². The number of benzene rings is 1.